The maximum atomic E-state index is 13.0. The number of methoxy groups -OCH3 is 2. The molecule has 6 nitrogen and oxygen atoms in total. The molecule has 28 heavy (non-hydrogen) atoms. The van der Waals surface area contributed by atoms with Crippen LogP contribution in [0.25, 0.3) is 0 Å². The van der Waals surface area contributed by atoms with Gasteiger partial charge in [-0.2, -0.15) is 0 Å². The second-order valence-electron chi connectivity index (χ2n) is 7.08. The van der Waals surface area contributed by atoms with Crippen molar-refractivity contribution in [2.24, 2.45) is 0 Å². The largest absolute Gasteiger partial charge is 0.497 e. The van der Waals surface area contributed by atoms with Crippen LogP contribution in [0.1, 0.15) is 24.0 Å². The molecule has 0 bridgehead atoms. The van der Waals surface area contributed by atoms with Crippen molar-refractivity contribution in [2.45, 2.75) is 30.1 Å². The summed E-state index contributed by atoms with van der Waals surface area (Å²) in [4.78, 5) is 0.269. The number of sulfonamides is 1. The number of aryl methyl sites for hydroxylation is 1. The third kappa shape index (κ3) is 4.32. The minimum Gasteiger partial charge on any atom is -0.497 e. The highest BCUT2D eigenvalue weighted by Gasteiger charge is 2.36. The molecule has 0 aliphatic carbocycles. The minimum atomic E-state index is -3.65. The molecule has 1 N–H and O–H groups in total. The van der Waals surface area contributed by atoms with Gasteiger partial charge >= 0.3 is 0 Å². The standard InChI is InChI=1S/C21H27NO5S/c1-16-14-19(26-3)8-9-20(16)28(23,24)22-15-21(10-12-27-13-11-21)17-4-6-18(25-2)7-5-17/h4-9,14,22H,10-13,15H2,1-3H3. The van der Waals surface area contributed by atoms with E-state index in [0.717, 1.165) is 24.2 Å². The first kappa shape index (κ1) is 20.6. The summed E-state index contributed by atoms with van der Waals surface area (Å²) in [5.74, 6) is 1.41. The number of benzene rings is 2. The van der Waals surface area contributed by atoms with Gasteiger partial charge < -0.3 is 14.2 Å². The summed E-state index contributed by atoms with van der Waals surface area (Å²) in [6, 6.07) is 12.8. The van der Waals surface area contributed by atoms with Crippen molar-refractivity contribution >= 4 is 10.0 Å². The van der Waals surface area contributed by atoms with E-state index in [1.807, 2.05) is 24.3 Å². The fraction of sp³-hybridized carbons (Fsp3) is 0.429. The van der Waals surface area contributed by atoms with E-state index in [1.54, 1.807) is 39.3 Å². The van der Waals surface area contributed by atoms with E-state index in [0.29, 0.717) is 31.1 Å². The van der Waals surface area contributed by atoms with Crippen molar-refractivity contribution in [2.75, 3.05) is 34.0 Å². The van der Waals surface area contributed by atoms with Crippen molar-refractivity contribution < 1.29 is 22.6 Å². The zero-order valence-electron chi connectivity index (χ0n) is 16.5. The normalized spacial score (nSPS) is 16.5. The predicted molar refractivity (Wildman–Crippen MR) is 108 cm³/mol. The van der Waals surface area contributed by atoms with Crippen molar-refractivity contribution in [1.29, 1.82) is 0 Å². The first-order valence-corrected chi connectivity index (χ1v) is 10.8. The highest BCUT2D eigenvalue weighted by molar-refractivity contribution is 7.89. The van der Waals surface area contributed by atoms with E-state index in [4.69, 9.17) is 14.2 Å². The molecule has 0 atom stereocenters. The lowest BCUT2D eigenvalue weighted by atomic mass is 9.74. The van der Waals surface area contributed by atoms with Gasteiger partial charge in [-0.25, -0.2) is 13.1 Å². The molecule has 0 unspecified atom stereocenters. The summed E-state index contributed by atoms with van der Waals surface area (Å²) in [7, 11) is -0.455. The molecule has 1 aliphatic heterocycles. The minimum absolute atomic E-state index is 0.269. The summed E-state index contributed by atoms with van der Waals surface area (Å²) in [5, 5.41) is 0. The Kier molecular flexibility index (Phi) is 6.27. The smallest absolute Gasteiger partial charge is 0.240 e. The average Bonchev–Trinajstić information content (AvgIpc) is 2.73. The molecule has 3 rings (SSSR count). The summed E-state index contributed by atoms with van der Waals surface area (Å²) < 4.78 is 44.7. The molecule has 152 valence electrons. The molecule has 2 aromatic rings. The lowest BCUT2D eigenvalue weighted by Crippen LogP contribution is -2.44. The lowest BCUT2D eigenvalue weighted by molar-refractivity contribution is 0.0517. The summed E-state index contributed by atoms with van der Waals surface area (Å²) in [6.07, 6.45) is 1.51. The lowest BCUT2D eigenvalue weighted by Gasteiger charge is -2.38. The second kappa shape index (κ2) is 8.51. The van der Waals surface area contributed by atoms with Gasteiger partial charge in [0.15, 0.2) is 0 Å². The molecular formula is C21H27NO5S. The van der Waals surface area contributed by atoms with Gasteiger partial charge in [0.25, 0.3) is 0 Å². The fourth-order valence-electron chi connectivity index (χ4n) is 3.64. The Bertz CT molecular complexity index is 903. The van der Waals surface area contributed by atoms with Crippen LogP contribution in [0, 0.1) is 6.92 Å². The quantitative estimate of drug-likeness (QED) is 0.766. The second-order valence-corrected chi connectivity index (χ2v) is 8.81. The Balaban J connectivity index is 1.85. The molecule has 0 radical (unpaired) electrons. The fourth-order valence-corrected chi connectivity index (χ4v) is 4.99. The van der Waals surface area contributed by atoms with Gasteiger partial charge in [-0.05, 0) is 61.2 Å². The number of nitrogens with one attached hydrogen (secondary N) is 1. The van der Waals surface area contributed by atoms with Crippen LogP contribution >= 0.6 is 0 Å². The predicted octanol–water partition coefficient (Wildman–Crippen LogP) is 3.04. The van der Waals surface area contributed by atoms with Crippen LogP contribution in [-0.2, 0) is 20.2 Å². The maximum absolute atomic E-state index is 13.0. The van der Waals surface area contributed by atoms with Gasteiger partial charge in [-0.3, -0.25) is 0 Å². The topological polar surface area (TPSA) is 73.9 Å². The zero-order chi connectivity index (χ0) is 20.2. The first-order valence-electron chi connectivity index (χ1n) is 9.27. The molecule has 2 aromatic carbocycles. The zero-order valence-corrected chi connectivity index (χ0v) is 17.3. The van der Waals surface area contributed by atoms with Crippen LogP contribution in [0.15, 0.2) is 47.4 Å². The van der Waals surface area contributed by atoms with Crippen LogP contribution in [0.3, 0.4) is 0 Å². The maximum Gasteiger partial charge on any atom is 0.240 e. The van der Waals surface area contributed by atoms with Gasteiger partial charge in [-0.1, -0.05) is 12.1 Å². The first-order chi connectivity index (χ1) is 13.4. The van der Waals surface area contributed by atoms with Gasteiger partial charge in [0, 0.05) is 25.2 Å². The number of ether oxygens (including phenoxy) is 3. The Labute approximate surface area is 166 Å². The van der Waals surface area contributed by atoms with E-state index in [9.17, 15) is 8.42 Å². The molecule has 1 fully saturated rings. The number of hydrogen-bond acceptors (Lipinski definition) is 5. The van der Waals surface area contributed by atoms with Gasteiger partial charge in [0.1, 0.15) is 11.5 Å². The molecule has 0 amide bonds. The van der Waals surface area contributed by atoms with E-state index < -0.39 is 10.0 Å². The average molecular weight is 406 g/mol. The SMILES string of the molecule is COc1ccc(C2(CNS(=O)(=O)c3ccc(OC)cc3C)CCOCC2)cc1. The Morgan fingerprint density at radius 1 is 1.00 bits per heavy atom. The molecule has 0 spiro atoms. The molecule has 7 heteroatoms. The van der Waals surface area contributed by atoms with Crippen molar-refractivity contribution in [1.82, 2.24) is 4.72 Å². The van der Waals surface area contributed by atoms with E-state index in [1.165, 1.54) is 0 Å². The third-order valence-electron chi connectivity index (χ3n) is 5.42. The highest BCUT2D eigenvalue weighted by Crippen LogP contribution is 2.35. The van der Waals surface area contributed by atoms with Crippen LogP contribution in [0.5, 0.6) is 11.5 Å². The number of hydrogen-bond donors (Lipinski definition) is 1. The van der Waals surface area contributed by atoms with E-state index in [-0.39, 0.29) is 10.3 Å². The van der Waals surface area contributed by atoms with Crippen LogP contribution in [0.4, 0.5) is 0 Å². The van der Waals surface area contributed by atoms with Crippen molar-refractivity contribution in [3.63, 3.8) is 0 Å². The summed E-state index contributed by atoms with van der Waals surface area (Å²) >= 11 is 0. The summed E-state index contributed by atoms with van der Waals surface area (Å²) in [6.45, 7) is 3.30. The number of rotatable bonds is 7. The van der Waals surface area contributed by atoms with Gasteiger partial charge in [0.05, 0.1) is 19.1 Å². The van der Waals surface area contributed by atoms with Gasteiger partial charge in [0.2, 0.25) is 10.0 Å². The molecular weight excluding hydrogens is 378 g/mol. The van der Waals surface area contributed by atoms with Crippen LogP contribution in [-0.4, -0.2) is 42.4 Å². The Morgan fingerprint density at radius 2 is 1.61 bits per heavy atom. The van der Waals surface area contributed by atoms with Crippen LogP contribution in [0.2, 0.25) is 0 Å². The Hall–Kier alpha value is -2.09. The van der Waals surface area contributed by atoms with Crippen molar-refractivity contribution in [3.05, 3.63) is 53.6 Å². The van der Waals surface area contributed by atoms with E-state index in [2.05, 4.69) is 4.72 Å². The monoisotopic (exact) mass is 405 g/mol. The van der Waals surface area contributed by atoms with Gasteiger partial charge in [-0.15, -0.1) is 0 Å². The van der Waals surface area contributed by atoms with Crippen molar-refractivity contribution in [3.8, 4) is 11.5 Å². The highest BCUT2D eigenvalue weighted by atomic mass is 32.2. The molecule has 1 saturated heterocycles. The summed E-state index contributed by atoms with van der Waals surface area (Å²) in [5.41, 5.74) is 1.43. The van der Waals surface area contributed by atoms with E-state index >= 15 is 0 Å². The Morgan fingerprint density at radius 3 is 2.18 bits per heavy atom. The third-order valence-corrected chi connectivity index (χ3v) is 6.99. The van der Waals surface area contributed by atoms with Crippen LogP contribution < -0.4 is 14.2 Å². The molecule has 1 aliphatic rings. The molecule has 1 heterocycles. The molecule has 0 aromatic heterocycles. The molecule has 0 saturated carbocycles.